The number of methoxy groups -OCH3 is 1. The Morgan fingerprint density at radius 3 is 2.70 bits per heavy atom. The van der Waals surface area contributed by atoms with Gasteiger partial charge in [0.25, 0.3) is 0 Å². The summed E-state index contributed by atoms with van der Waals surface area (Å²) in [5, 5.41) is 2.95. The molecule has 0 bridgehead atoms. The van der Waals surface area contributed by atoms with E-state index < -0.39 is 0 Å². The molecule has 0 aromatic heterocycles. The first-order valence-electron chi connectivity index (χ1n) is 7.36. The molecule has 0 spiro atoms. The molecule has 0 fully saturated rings. The summed E-state index contributed by atoms with van der Waals surface area (Å²) < 4.78 is 6.34. The fraction of sp³-hybridized carbons (Fsp3) is 0.278. The second-order valence-electron chi connectivity index (χ2n) is 5.49. The van der Waals surface area contributed by atoms with Crippen LogP contribution in [0, 0.1) is 6.92 Å². The Hall–Kier alpha value is -1.85. The van der Waals surface area contributed by atoms with Crippen LogP contribution in [-0.2, 0) is 11.3 Å². The third kappa shape index (κ3) is 5.08. The van der Waals surface area contributed by atoms with Crippen LogP contribution in [0.2, 0.25) is 0 Å². The van der Waals surface area contributed by atoms with E-state index in [0.717, 1.165) is 27.0 Å². The third-order valence-electron chi connectivity index (χ3n) is 3.51. The van der Waals surface area contributed by atoms with Crippen molar-refractivity contribution in [3.63, 3.8) is 0 Å². The number of anilines is 1. The van der Waals surface area contributed by atoms with Crippen LogP contribution in [0.15, 0.2) is 46.9 Å². The molecule has 4 nitrogen and oxygen atoms in total. The van der Waals surface area contributed by atoms with Crippen LogP contribution in [0.5, 0.6) is 5.75 Å². The number of rotatable bonds is 6. The third-order valence-corrected chi connectivity index (χ3v) is 4.00. The number of carbonyl (C=O) groups excluding carboxylic acids is 1. The summed E-state index contributed by atoms with van der Waals surface area (Å²) in [5.74, 6) is 0.802. The molecule has 0 aliphatic heterocycles. The highest BCUT2D eigenvalue weighted by Crippen LogP contribution is 2.21. The van der Waals surface area contributed by atoms with E-state index in [4.69, 9.17) is 4.74 Å². The molecule has 0 saturated carbocycles. The quantitative estimate of drug-likeness (QED) is 0.832. The fourth-order valence-corrected chi connectivity index (χ4v) is 2.86. The lowest BCUT2D eigenvalue weighted by molar-refractivity contribution is -0.117. The lowest BCUT2D eigenvalue weighted by Crippen LogP contribution is -2.30. The van der Waals surface area contributed by atoms with Crippen molar-refractivity contribution in [2.75, 3.05) is 26.0 Å². The number of hydrogen-bond acceptors (Lipinski definition) is 3. The normalized spacial score (nSPS) is 10.7. The average Bonchev–Trinajstić information content (AvgIpc) is 2.50. The summed E-state index contributed by atoms with van der Waals surface area (Å²) >= 11 is 3.42. The Balaban J connectivity index is 1.94. The van der Waals surface area contributed by atoms with Gasteiger partial charge in [-0.3, -0.25) is 9.69 Å². The zero-order valence-electron chi connectivity index (χ0n) is 13.6. The molecule has 0 saturated heterocycles. The number of halogens is 1. The van der Waals surface area contributed by atoms with Gasteiger partial charge in [0.2, 0.25) is 5.91 Å². The Morgan fingerprint density at radius 2 is 2.00 bits per heavy atom. The summed E-state index contributed by atoms with van der Waals surface area (Å²) in [5.41, 5.74) is 2.93. The first kappa shape index (κ1) is 17.5. The van der Waals surface area contributed by atoms with Crippen molar-refractivity contribution in [2.24, 2.45) is 0 Å². The molecule has 23 heavy (non-hydrogen) atoms. The monoisotopic (exact) mass is 376 g/mol. The smallest absolute Gasteiger partial charge is 0.238 e. The summed E-state index contributed by atoms with van der Waals surface area (Å²) in [6, 6.07) is 13.6. The average molecular weight is 377 g/mol. The Bertz CT molecular complexity index is 688. The SMILES string of the molecule is COc1ccccc1CN(C)CC(=O)Nc1ccc(Br)cc1C. The number of hydrogen-bond donors (Lipinski definition) is 1. The molecule has 1 amide bonds. The number of aryl methyl sites for hydroxylation is 1. The van der Waals surface area contributed by atoms with Crippen molar-refractivity contribution in [3.8, 4) is 5.75 Å². The van der Waals surface area contributed by atoms with Crippen LogP contribution in [0.1, 0.15) is 11.1 Å². The number of amides is 1. The maximum Gasteiger partial charge on any atom is 0.238 e. The molecule has 2 rings (SSSR count). The van der Waals surface area contributed by atoms with Crippen molar-refractivity contribution in [1.29, 1.82) is 0 Å². The molecule has 0 atom stereocenters. The van der Waals surface area contributed by atoms with Gasteiger partial charge in [-0.25, -0.2) is 0 Å². The summed E-state index contributed by atoms with van der Waals surface area (Å²) in [7, 11) is 3.57. The summed E-state index contributed by atoms with van der Waals surface area (Å²) in [6.45, 7) is 2.93. The van der Waals surface area contributed by atoms with Crippen LogP contribution < -0.4 is 10.1 Å². The van der Waals surface area contributed by atoms with E-state index in [2.05, 4.69) is 21.2 Å². The Morgan fingerprint density at radius 1 is 1.26 bits per heavy atom. The van der Waals surface area contributed by atoms with Crippen molar-refractivity contribution in [2.45, 2.75) is 13.5 Å². The van der Waals surface area contributed by atoms with Crippen LogP contribution in [-0.4, -0.2) is 31.5 Å². The molecule has 0 aliphatic carbocycles. The molecule has 1 N–H and O–H groups in total. The minimum atomic E-state index is -0.0344. The molecule has 0 radical (unpaired) electrons. The lowest BCUT2D eigenvalue weighted by Gasteiger charge is -2.18. The standard InChI is InChI=1S/C18H21BrN2O2/c1-13-10-15(19)8-9-16(13)20-18(22)12-21(2)11-14-6-4-5-7-17(14)23-3/h4-10H,11-12H2,1-3H3,(H,20,22). The lowest BCUT2D eigenvalue weighted by atomic mass is 10.2. The van der Waals surface area contributed by atoms with Crippen molar-refractivity contribution < 1.29 is 9.53 Å². The molecule has 0 unspecified atom stereocenters. The van der Waals surface area contributed by atoms with E-state index in [1.807, 2.05) is 61.3 Å². The largest absolute Gasteiger partial charge is 0.496 e. The van der Waals surface area contributed by atoms with Crippen molar-refractivity contribution in [3.05, 3.63) is 58.1 Å². The number of ether oxygens (including phenoxy) is 1. The van der Waals surface area contributed by atoms with Gasteiger partial charge in [0, 0.05) is 22.3 Å². The fourth-order valence-electron chi connectivity index (χ4n) is 2.38. The molecule has 5 heteroatoms. The van der Waals surface area contributed by atoms with E-state index in [0.29, 0.717) is 13.1 Å². The highest BCUT2D eigenvalue weighted by atomic mass is 79.9. The first-order valence-corrected chi connectivity index (χ1v) is 8.15. The summed E-state index contributed by atoms with van der Waals surface area (Å²) in [4.78, 5) is 14.2. The van der Waals surface area contributed by atoms with Crippen LogP contribution in [0.4, 0.5) is 5.69 Å². The number of likely N-dealkylation sites (N-methyl/N-ethyl adjacent to an activating group) is 1. The van der Waals surface area contributed by atoms with Gasteiger partial charge in [-0.2, -0.15) is 0 Å². The molecule has 2 aromatic rings. The number of benzene rings is 2. The molecule has 2 aromatic carbocycles. The van der Waals surface area contributed by atoms with Crippen LogP contribution in [0.25, 0.3) is 0 Å². The molecular weight excluding hydrogens is 356 g/mol. The topological polar surface area (TPSA) is 41.6 Å². The van der Waals surface area contributed by atoms with Crippen molar-refractivity contribution in [1.82, 2.24) is 4.90 Å². The molecule has 0 heterocycles. The number of para-hydroxylation sites is 1. The zero-order chi connectivity index (χ0) is 16.8. The molecular formula is C18H21BrN2O2. The second kappa shape index (κ2) is 8.13. The van der Waals surface area contributed by atoms with E-state index in [1.54, 1.807) is 7.11 Å². The minimum Gasteiger partial charge on any atom is -0.496 e. The van der Waals surface area contributed by atoms with Gasteiger partial charge in [0.15, 0.2) is 0 Å². The van der Waals surface area contributed by atoms with Gasteiger partial charge in [0.1, 0.15) is 5.75 Å². The number of carbonyl (C=O) groups is 1. The molecule has 122 valence electrons. The summed E-state index contributed by atoms with van der Waals surface area (Å²) in [6.07, 6.45) is 0. The Kier molecular flexibility index (Phi) is 6.19. The van der Waals surface area contributed by atoms with Gasteiger partial charge in [0.05, 0.1) is 13.7 Å². The second-order valence-corrected chi connectivity index (χ2v) is 6.41. The highest BCUT2D eigenvalue weighted by molar-refractivity contribution is 9.10. The Labute approximate surface area is 145 Å². The zero-order valence-corrected chi connectivity index (χ0v) is 15.2. The number of nitrogens with one attached hydrogen (secondary N) is 1. The van der Waals surface area contributed by atoms with E-state index >= 15 is 0 Å². The van der Waals surface area contributed by atoms with Crippen LogP contribution in [0.3, 0.4) is 0 Å². The maximum atomic E-state index is 12.2. The first-order chi connectivity index (χ1) is 11.0. The van der Waals surface area contributed by atoms with Gasteiger partial charge < -0.3 is 10.1 Å². The number of nitrogens with zero attached hydrogens (tertiary/aromatic N) is 1. The van der Waals surface area contributed by atoms with Gasteiger partial charge in [-0.1, -0.05) is 34.1 Å². The maximum absolute atomic E-state index is 12.2. The van der Waals surface area contributed by atoms with Gasteiger partial charge in [-0.15, -0.1) is 0 Å². The highest BCUT2D eigenvalue weighted by Gasteiger charge is 2.11. The van der Waals surface area contributed by atoms with E-state index in [1.165, 1.54) is 0 Å². The van der Waals surface area contributed by atoms with Gasteiger partial charge >= 0.3 is 0 Å². The molecule has 0 aliphatic rings. The predicted molar refractivity (Wildman–Crippen MR) is 96.8 cm³/mol. The van der Waals surface area contributed by atoms with E-state index in [9.17, 15) is 4.79 Å². The minimum absolute atomic E-state index is 0.0344. The van der Waals surface area contributed by atoms with Gasteiger partial charge in [-0.05, 0) is 43.8 Å². The van der Waals surface area contributed by atoms with E-state index in [-0.39, 0.29) is 5.91 Å². The predicted octanol–water partition coefficient (Wildman–Crippen LogP) is 3.84. The van der Waals surface area contributed by atoms with Crippen LogP contribution >= 0.6 is 15.9 Å². The van der Waals surface area contributed by atoms with Crippen molar-refractivity contribution >= 4 is 27.5 Å².